The van der Waals surface area contributed by atoms with Crippen LogP contribution in [0.5, 0.6) is 0 Å². The van der Waals surface area contributed by atoms with E-state index in [9.17, 15) is 0 Å². The van der Waals surface area contributed by atoms with Gasteiger partial charge in [0.1, 0.15) is 18.0 Å². The fourth-order valence-electron chi connectivity index (χ4n) is 1.60. The van der Waals surface area contributed by atoms with Crippen molar-refractivity contribution in [3.63, 3.8) is 0 Å². The van der Waals surface area contributed by atoms with Crippen molar-refractivity contribution in [2.45, 2.75) is 26.7 Å². The number of aliphatic hydroxyl groups is 1. The van der Waals surface area contributed by atoms with Crippen LogP contribution in [0, 0.1) is 6.92 Å². The lowest BCUT2D eigenvalue weighted by atomic mass is 10.3. The number of nitrogens with zero attached hydrogens (tertiary/aromatic N) is 2. The molecule has 6 heteroatoms. The summed E-state index contributed by atoms with van der Waals surface area (Å²) in [4.78, 5) is 8.47. The molecule has 1 aromatic rings. The van der Waals surface area contributed by atoms with E-state index in [-0.39, 0.29) is 6.61 Å². The highest BCUT2D eigenvalue weighted by atomic mass is 16.5. The van der Waals surface area contributed by atoms with Gasteiger partial charge in [-0.1, -0.05) is 6.92 Å². The molecule has 0 fully saturated rings. The number of ether oxygens (including phenoxy) is 1. The summed E-state index contributed by atoms with van der Waals surface area (Å²) in [5, 5.41) is 15.1. The molecule has 0 aliphatic carbocycles. The van der Waals surface area contributed by atoms with E-state index in [2.05, 4.69) is 27.5 Å². The minimum Gasteiger partial charge on any atom is -0.394 e. The Hall–Kier alpha value is -1.40. The van der Waals surface area contributed by atoms with E-state index in [0.29, 0.717) is 13.2 Å². The summed E-state index contributed by atoms with van der Waals surface area (Å²) in [6.07, 6.45) is 3.51. The van der Waals surface area contributed by atoms with E-state index in [1.54, 1.807) is 6.33 Å². The highest BCUT2D eigenvalue weighted by Crippen LogP contribution is 2.17. The first-order valence-corrected chi connectivity index (χ1v) is 6.77. The molecule has 1 rings (SSSR count). The lowest BCUT2D eigenvalue weighted by Gasteiger charge is -2.12. The Morgan fingerprint density at radius 3 is 2.47 bits per heavy atom. The predicted molar refractivity (Wildman–Crippen MR) is 76.6 cm³/mol. The number of nitrogens with one attached hydrogen (secondary N) is 2. The first-order valence-electron chi connectivity index (χ1n) is 6.77. The lowest BCUT2D eigenvalue weighted by Crippen LogP contribution is -2.11. The molecule has 0 aromatic carbocycles. The Labute approximate surface area is 114 Å². The van der Waals surface area contributed by atoms with Crippen LogP contribution in [0.25, 0.3) is 0 Å². The molecule has 0 aliphatic heterocycles. The van der Waals surface area contributed by atoms with Crippen LogP contribution in [-0.4, -0.2) is 48.0 Å². The largest absolute Gasteiger partial charge is 0.394 e. The van der Waals surface area contributed by atoms with Gasteiger partial charge in [-0.05, 0) is 19.8 Å². The zero-order valence-electron chi connectivity index (χ0n) is 11.8. The molecule has 0 saturated heterocycles. The summed E-state index contributed by atoms with van der Waals surface area (Å²) in [7, 11) is 0. The number of anilines is 2. The van der Waals surface area contributed by atoms with Gasteiger partial charge in [-0.3, -0.25) is 0 Å². The lowest BCUT2D eigenvalue weighted by molar-refractivity contribution is 0.0922. The third kappa shape index (κ3) is 5.85. The van der Waals surface area contributed by atoms with Crippen LogP contribution in [0.3, 0.4) is 0 Å². The van der Waals surface area contributed by atoms with Gasteiger partial charge >= 0.3 is 0 Å². The second-order valence-electron chi connectivity index (χ2n) is 4.24. The van der Waals surface area contributed by atoms with Gasteiger partial charge in [0.15, 0.2) is 0 Å². The maximum atomic E-state index is 8.57. The maximum Gasteiger partial charge on any atom is 0.134 e. The first-order chi connectivity index (χ1) is 9.29. The van der Waals surface area contributed by atoms with Crippen LogP contribution in [-0.2, 0) is 4.74 Å². The molecule has 0 spiro atoms. The second-order valence-corrected chi connectivity index (χ2v) is 4.24. The minimum absolute atomic E-state index is 0.0743. The van der Waals surface area contributed by atoms with Crippen molar-refractivity contribution in [3.8, 4) is 0 Å². The van der Waals surface area contributed by atoms with Crippen LogP contribution in [0.15, 0.2) is 6.33 Å². The molecular weight excluding hydrogens is 244 g/mol. The Morgan fingerprint density at radius 2 is 1.84 bits per heavy atom. The summed E-state index contributed by atoms with van der Waals surface area (Å²) in [5.41, 5.74) is 1.03. The molecule has 1 aromatic heterocycles. The Bertz CT molecular complexity index is 360. The van der Waals surface area contributed by atoms with E-state index in [4.69, 9.17) is 9.84 Å². The number of rotatable bonds is 10. The first kappa shape index (κ1) is 15.7. The zero-order valence-corrected chi connectivity index (χ0v) is 11.8. The monoisotopic (exact) mass is 268 g/mol. The van der Waals surface area contributed by atoms with Gasteiger partial charge in [-0.2, -0.15) is 0 Å². The van der Waals surface area contributed by atoms with Crippen LogP contribution < -0.4 is 10.6 Å². The van der Waals surface area contributed by atoms with Gasteiger partial charge in [0.05, 0.1) is 13.2 Å². The molecule has 0 saturated carbocycles. The third-order valence-corrected chi connectivity index (χ3v) is 2.62. The molecule has 108 valence electrons. The van der Waals surface area contributed by atoms with Gasteiger partial charge < -0.3 is 20.5 Å². The molecule has 19 heavy (non-hydrogen) atoms. The summed E-state index contributed by atoms with van der Waals surface area (Å²) in [6.45, 7) is 6.93. The average Bonchev–Trinajstić information content (AvgIpc) is 2.43. The van der Waals surface area contributed by atoms with Gasteiger partial charge in [0.2, 0.25) is 0 Å². The molecule has 3 N–H and O–H groups in total. The van der Waals surface area contributed by atoms with Crippen molar-refractivity contribution < 1.29 is 9.84 Å². The Morgan fingerprint density at radius 1 is 1.16 bits per heavy atom. The zero-order chi connectivity index (χ0) is 13.9. The molecule has 6 nitrogen and oxygen atoms in total. The average molecular weight is 268 g/mol. The third-order valence-electron chi connectivity index (χ3n) is 2.62. The predicted octanol–water partition coefficient (Wildman–Crippen LogP) is 1.42. The normalized spacial score (nSPS) is 10.5. The van der Waals surface area contributed by atoms with Crippen molar-refractivity contribution in [2.75, 3.05) is 43.5 Å². The van der Waals surface area contributed by atoms with Crippen LogP contribution in [0.2, 0.25) is 0 Å². The molecular formula is C13H24N4O2. The summed E-state index contributed by atoms with van der Waals surface area (Å²) >= 11 is 0. The van der Waals surface area contributed by atoms with E-state index in [1.165, 1.54) is 0 Å². The number of hydrogen-bond acceptors (Lipinski definition) is 6. The molecule has 0 bridgehead atoms. The standard InChI is InChI=1S/C13H24N4O2/c1-3-5-14-12-11(2)13(17-10-16-12)15-6-4-8-19-9-7-18/h10,18H,3-9H2,1-2H3,(H2,14,15,16,17). The molecule has 0 radical (unpaired) electrons. The van der Waals surface area contributed by atoms with Crippen LogP contribution >= 0.6 is 0 Å². The molecule has 1 heterocycles. The van der Waals surface area contributed by atoms with Gasteiger partial charge in [-0.15, -0.1) is 0 Å². The number of hydrogen-bond donors (Lipinski definition) is 3. The molecule has 0 atom stereocenters. The SMILES string of the molecule is CCCNc1ncnc(NCCCOCCO)c1C. The van der Waals surface area contributed by atoms with Crippen molar-refractivity contribution in [3.05, 3.63) is 11.9 Å². The fourth-order valence-corrected chi connectivity index (χ4v) is 1.60. The summed E-state index contributed by atoms with van der Waals surface area (Å²) in [6, 6.07) is 0. The van der Waals surface area contributed by atoms with Crippen molar-refractivity contribution in [1.29, 1.82) is 0 Å². The topological polar surface area (TPSA) is 79.3 Å². The van der Waals surface area contributed by atoms with Crippen LogP contribution in [0.1, 0.15) is 25.3 Å². The maximum absolute atomic E-state index is 8.57. The second kappa shape index (κ2) is 9.52. The molecule has 0 unspecified atom stereocenters. The molecule has 0 amide bonds. The summed E-state index contributed by atoms with van der Waals surface area (Å²) < 4.78 is 5.19. The highest BCUT2D eigenvalue weighted by molar-refractivity contribution is 5.56. The smallest absolute Gasteiger partial charge is 0.134 e. The van der Waals surface area contributed by atoms with E-state index >= 15 is 0 Å². The fraction of sp³-hybridized carbons (Fsp3) is 0.692. The highest BCUT2D eigenvalue weighted by Gasteiger charge is 2.05. The van der Waals surface area contributed by atoms with E-state index < -0.39 is 0 Å². The van der Waals surface area contributed by atoms with E-state index in [1.807, 2.05) is 6.92 Å². The van der Waals surface area contributed by atoms with Gasteiger partial charge in [-0.25, -0.2) is 9.97 Å². The Kier molecular flexibility index (Phi) is 7.84. The number of aromatic nitrogens is 2. The minimum atomic E-state index is 0.0743. The van der Waals surface area contributed by atoms with Gasteiger partial charge in [0, 0.05) is 25.3 Å². The van der Waals surface area contributed by atoms with E-state index in [0.717, 1.165) is 43.1 Å². The van der Waals surface area contributed by atoms with Crippen molar-refractivity contribution >= 4 is 11.6 Å². The van der Waals surface area contributed by atoms with Crippen molar-refractivity contribution in [2.24, 2.45) is 0 Å². The van der Waals surface area contributed by atoms with Gasteiger partial charge in [0.25, 0.3) is 0 Å². The number of aliphatic hydroxyl groups excluding tert-OH is 1. The Balaban J connectivity index is 2.36. The quantitative estimate of drug-likeness (QED) is 0.557. The summed E-state index contributed by atoms with van der Waals surface area (Å²) in [5.74, 6) is 1.74. The van der Waals surface area contributed by atoms with Crippen LogP contribution in [0.4, 0.5) is 11.6 Å². The molecule has 0 aliphatic rings. The van der Waals surface area contributed by atoms with Crippen molar-refractivity contribution in [1.82, 2.24) is 9.97 Å².